The highest BCUT2D eigenvalue weighted by Gasteiger charge is 2.26. The Morgan fingerprint density at radius 1 is 1.42 bits per heavy atom. The van der Waals surface area contributed by atoms with Crippen LogP contribution in [0.1, 0.15) is 0 Å². The summed E-state index contributed by atoms with van der Waals surface area (Å²) in [5.74, 6) is -1.04. The summed E-state index contributed by atoms with van der Waals surface area (Å²) in [4.78, 5) is 21.1. The van der Waals surface area contributed by atoms with Crippen LogP contribution in [0.15, 0.2) is 34.9 Å². The van der Waals surface area contributed by atoms with Crippen LogP contribution in [0.25, 0.3) is 11.3 Å². The maximum atomic E-state index is 13.8. The van der Waals surface area contributed by atoms with E-state index in [0.717, 1.165) is 4.57 Å². The van der Waals surface area contributed by atoms with Crippen molar-refractivity contribution in [2.24, 2.45) is 0 Å². The highest BCUT2D eigenvalue weighted by molar-refractivity contribution is 9.10. The van der Waals surface area contributed by atoms with Crippen molar-refractivity contribution in [2.75, 3.05) is 0 Å². The number of halogens is 2. The molecule has 1 aromatic heterocycles. The molecule has 2 rings (SSSR count). The second kappa shape index (κ2) is 4.81. The number of hydrogen-bond donors (Lipinski definition) is 1. The lowest BCUT2D eigenvalue weighted by Gasteiger charge is -2.06. The number of nitro groups is 1. The van der Waals surface area contributed by atoms with Gasteiger partial charge in [0.15, 0.2) is 0 Å². The number of nitro benzene ring substituents is 1. The quantitative estimate of drug-likeness (QED) is 0.675. The first-order valence-electron chi connectivity index (χ1n) is 4.97. The van der Waals surface area contributed by atoms with Crippen LogP contribution >= 0.6 is 15.9 Å². The van der Waals surface area contributed by atoms with E-state index in [1.165, 1.54) is 30.5 Å². The molecule has 6 nitrogen and oxygen atoms in total. The minimum Gasteiger partial charge on any atom is -0.464 e. The van der Waals surface area contributed by atoms with E-state index in [1.807, 2.05) is 0 Å². The second-order valence-electron chi connectivity index (χ2n) is 3.56. The molecule has 0 amide bonds. The van der Waals surface area contributed by atoms with Crippen molar-refractivity contribution in [3.63, 3.8) is 0 Å². The van der Waals surface area contributed by atoms with Crippen LogP contribution in [0, 0.1) is 15.9 Å². The fourth-order valence-corrected chi connectivity index (χ4v) is 2.01. The molecule has 0 fully saturated rings. The summed E-state index contributed by atoms with van der Waals surface area (Å²) in [5, 5.41) is 19.9. The van der Waals surface area contributed by atoms with E-state index in [-0.39, 0.29) is 15.7 Å². The van der Waals surface area contributed by atoms with Crippen molar-refractivity contribution in [2.45, 2.75) is 0 Å². The lowest BCUT2D eigenvalue weighted by molar-refractivity contribution is -0.386. The molecule has 0 saturated carbocycles. The molecule has 8 heteroatoms. The third-order valence-electron chi connectivity index (χ3n) is 2.48. The number of aromatic nitrogens is 1. The predicted octanol–water partition coefficient (Wildman–Crippen LogP) is 3.49. The molecule has 1 aromatic carbocycles. The first-order chi connectivity index (χ1) is 8.93. The third-order valence-corrected chi connectivity index (χ3v) is 3.09. The molecule has 0 aliphatic carbocycles. The zero-order chi connectivity index (χ0) is 14.2. The Balaban J connectivity index is 2.76. The van der Waals surface area contributed by atoms with E-state index < -0.39 is 22.5 Å². The van der Waals surface area contributed by atoms with Crippen molar-refractivity contribution in [1.82, 2.24) is 4.57 Å². The van der Waals surface area contributed by atoms with E-state index in [0.29, 0.717) is 0 Å². The van der Waals surface area contributed by atoms with E-state index >= 15 is 0 Å². The average Bonchev–Trinajstić information content (AvgIpc) is 2.80. The van der Waals surface area contributed by atoms with Crippen LogP contribution in [0.2, 0.25) is 0 Å². The van der Waals surface area contributed by atoms with Gasteiger partial charge in [-0.25, -0.2) is 4.79 Å². The molecule has 0 aliphatic rings. The summed E-state index contributed by atoms with van der Waals surface area (Å²) < 4.78 is 14.5. The third kappa shape index (κ3) is 2.22. The summed E-state index contributed by atoms with van der Waals surface area (Å²) in [5.41, 5.74) is -0.834. The molecule has 0 atom stereocenters. The standard InChI is InChI=1S/C11H6BrFN2O4/c12-7-4-3-6(10(9(7)13)15(18)19)8-2-1-5-14(8)11(16)17/h1-5H,(H,16,17). The molecule has 0 saturated heterocycles. The minimum absolute atomic E-state index is 0.0330. The van der Waals surface area contributed by atoms with Gasteiger partial charge in [-0.3, -0.25) is 14.7 Å². The zero-order valence-corrected chi connectivity index (χ0v) is 10.8. The van der Waals surface area contributed by atoms with Gasteiger partial charge in [0.05, 0.1) is 20.7 Å². The molecule has 2 aromatic rings. The molecule has 1 heterocycles. The number of benzene rings is 1. The Morgan fingerprint density at radius 3 is 2.68 bits per heavy atom. The van der Waals surface area contributed by atoms with Gasteiger partial charge in [-0.1, -0.05) is 0 Å². The topological polar surface area (TPSA) is 85.4 Å². The normalized spacial score (nSPS) is 10.4. The van der Waals surface area contributed by atoms with Crippen molar-refractivity contribution < 1.29 is 19.2 Å². The van der Waals surface area contributed by atoms with E-state index in [2.05, 4.69) is 15.9 Å². The van der Waals surface area contributed by atoms with Gasteiger partial charge in [0.2, 0.25) is 5.82 Å². The molecule has 0 bridgehead atoms. The van der Waals surface area contributed by atoms with Gasteiger partial charge in [0.25, 0.3) is 0 Å². The van der Waals surface area contributed by atoms with Gasteiger partial charge in [-0.2, -0.15) is 4.39 Å². The van der Waals surface area contributed by atoms with Crippen molar-refractivity contribution in [3.05, 3.63) is 50.9 Å². The Bertz CT molecular complexity index is 683. The van der Waals surface area contributed by atoms with Crippen LogP contribution in [-0.2, 0) is 0 Å². The first-order valence-corrected chi connectivity index (χ1v) is 5.76. The summed E-state index contributed by atoms with van der Waals surface area (Å²) in [6.07, 6.45) is -0.0842. The average molecular weight is 329 g/mol. The predicted molar refractivity (Wildman–Crippen MR) is 67.6 cm³/mol. The Morgan fingerprint density at radius 2 is 2.11 bits per heavy atom. The maximum absolute atomic E-state index is 13.8. The minimum atomic E-state index is -1.31. The van der Waals surface area contributed by atoms with Gasteiger partial charge in [-0.05, 0) is 40.2 Å². The smallest absolute Gasteiger partial charge is 0.416 e. The van der Waals surface area contributed by atoms with Gasteiger partial charge in [-0.15, -0.1) is 0 Å². The highest BCUT2D eigenvalue weighted by Crippen LogP contribution is 2.35. The number of nitrogens with zero attached hydrogens (tertiary/aromatic N) is 2. The fourth-order valence-electron chi connectivity index (χ4n) is 1.69. The maximum Gasteiger partial charge on any atom is 0.416 e. The monoisotopic (exact) mass is 328 g/mol. The molecule has 98 valence electrons. The van der Waals surface area contributed by atoms with Gasteiger partial charge >= 0.3 is 11.8 Å². The lowest BCUT2D eigenvalue weighted by atomic mass is 10.1. The molecular weight excluding hydrogens is 323 g/mol. The fraction of sp³-hybridized carbons (Fsp3) is 0. The van der Waals surface area contributed by atoms with Gasteiger partial charge < -0.3 is 5.11 Å². The molecule has 0 radical (unpaired) electrons. The van der Waals surface area contributed by atoms with E-state index in [1.54, 1.807) is 0 Å². The molecule has 1 N–H and O–H groups in total. The van der Waals surface area contributed by atoms with Crippen LogP contribution in [0.3, 0.4) is 0 Å². The largest absolute Gasteiger partial charge is 0.464 e. The molecule has 0 unspecified atom stereocenters. The van der Waals surface area contributed by atoms with Crippen LogP contribution in [0.5, 0.6) is 0 Å². The lowest BCUT2D eigenvalue weighted by Crippen LogP contribution is -2.09. The highest BCUT2D eigenvalue weighted by atomic mass is 79.9. The number of carboxylic acid groups (broad SMARTS) is 1. The Kier molecular flexibility index (Phi) is 3.34. The van der Waals surface area contributed by atoms with Gasteiger partial charge in [0.1, 0.15) is 0 Å². The summed E-state index contributed by atoms with van der Waals surface area (Å²) in [6, 6.07) is 5.36. The van der Waals surface area contributed by atoms with Crippen LogP contribution in [-0.4, -0.2) is 20.7 Å². The zero-order valence-electron chi connectivity index (χ0n) is 9.21. The number of carbonyl (C=O) groups is 1. The van der Waals surface area contributed by atoms with E-state index in [4.69, 9.17) is 5.11 Å². The summed E-state index contributed by atoms with van der Waals surface area (Å²) in [6.45, 7) is 0. The van der Waals surface area contributed by atoms with Gasteiger partial charge in [0, 0.05) is 6.20 Å². The number of rotatable bonds is 2. The summed E-state index contributed by atoms with van der Waals surface area (Å²) >= 11 is 2.86. The first kappa shape index (κ1) is 13.2. The van der Waals surface area contributed by atoms with Crippen molar-refractivity contribution in [1.29, 1.82) is 0 Å². The molecule has 0 spiro atoms. The van der Waals surface area contributed by atoms with Crippen molar-refractivity contribution in [3.8, 4) is 11.3 Å². The van der Waals surface area contributed by atoms with Crippen molar-refractivity contribution >= 4 is 27.7 Å². The molecule has 0 aliphatic heterocycles. The Hall–Kier alpha value is -2.22. The Labute approximate surface area is 114 Å². The SMILES string of the molecule is O=C(O)n1cccc1-c1ccc(Br)c(F)c1[N+](=O)[O-]. The molecule has 19 heavy (non-hydrogen) atoms. The number of hydrogen-bond acceptors (Lipinski definition) is 3. The summed E-state index contributed by atoms with van der Waals surface area (Å²) in [7, 11) is 0. The second-order valence-corrected chi connectivity index (χ2v) is 4.41. The molecular formula is C11H6BrFN2O4. The van der Waals surface area contributed by atoms with Crippen LogP contribution in [0.4, 0.5) is 14.9 Å². The van der Waals surface area contributed by atoms with Crippen LogP contribution < -0.4 is 0 Å². The van der Waals surface area contributed by atoms with E-state index in [9.17, 15) is 19.3 Å².